The Bertz CT molecular complexity index is 396. The number of nitrogens with one attached hydrogen (secondary N) is 1. The summed E-state index contributed by atoms with van der Waals surface area (Å²) in [6.07, 6.45) is 4.58. The SMILES string of the molecule is O=S(=O)(Nc1nccs1)N1CCCCC1. The first-order chi connectivity index (χ1) is 7.18. The summed E-state index contributed by atoms with van der Waals surface area (Å²) in [5.74, 6) is 0. The monoisotopic (exact) mass is 247 g/mol. The van der Waals surface area contributed by atoms with Crippen molar-refractivity contribution in [2.45, 2.75) is 19.3 Å². The third-order valence-corrected chi connectivity index (χ3v) is 4.62. The van der Waals surface area contributed by atoms with Crippen LogP contribution in [0.2, 0.25) is 0 Å². The second-order valence-corrected chi connectivity index (χ2v) is 5.97. The average molecular weight is 247 g/mol. The number of thiazole rings is 1. The standard InChI is InChI=1S/C8H13N3O2S2/c12-15(13,10-8-9-4-7-14-8)11-5-2-1-3-6-11/h4,7H,1-3,5-6H2,(H,9,10). The van der Waals surface area contributed by atoms with E-state index in [1.165, 1.54) is 15.6 Å². The minimum Gasteiger partial charge on any atom is -0.246 e. The topological polar surface area (TPSA) is 62.3 Å². The van der Waals surface area contributed by atoms with Crippen LogP contribution in [0.25, 0.3) is 0 Å². The molecule has 1 fully saturated rings. The molecule has 0 bridgehead atoms. The summed E-state index contributed by atoms with van der Waals surface area (Å²) in [4.78, 5) is 3.90. The lowest BCUT2D eigenvalue weighted by Crippen LogP contribution is -2.39. The molecular weight excluding hydrogens is 234 g/mol. The van der Waals surface area contributed by atoms with Crippen LogP contribution in [0.1, 0.15) is 19.3 Å². The molecular formula is C8H13N3O2S2. The van der Waals surface area contributed by atoms with Crippen molar-refractivity contribution in [3.63, 3.8) is 0 Å². The maximum Gasteiger partial charge on any atom is 0.303 e. The number of hydrogen-bond donors (Lipinski definition) is 1. The van der Waals surface area contributed by atoms with Gasteiger partial charge in [0.2, 0.25) is 0 Å². The molecule has 15 heavy (non-hydrogen) atoms. The van der Waals surface area contributed by atoms with Crippen molar-refractivity contribution in [3.8, 4) is 0 Å². The summed E-state index contributed by atoms with van der Waals surface area (Å²) in [7, 11) is -3.38. The van der Waals surface area contributed by atoms with Gasteiger partial charge in [-0.3, -0.25) is 0 Å². The maximum absolute atomic E-state index is 11.8. The van der Waals surface area contributed by atoms with Gasteiger partial charge in [0.15, 0.2) is 5.13 Å². The Morgan fingerprint density at radius 1 is 1.33 bits per heavy atom. The van der Waals surface area contributed by atoms with Crippen LogP contribution >= 0.6 is 11.3 Å². The molecule has 0 amide bonds. The van der Waals surface area contributed by atoms with Gasteiger partial charge < -0.3 is 0 Å². The molecule has 0 unspecified atom stereocenters. The summed E-state index contributed by atoms with van der Waals surface area (Å²) in [6.45, 7) is 1.22. The Morgan fingerprint density at radius 3 is 2.67 bits per heavy atom. The van der Waals surface area contributed by atoms with Crippen molar-refractivity contribution in [2.75, 3.05) is 17.8 Å². The molecule has 5 nitrogen and oxygen atoms in total. The number of hydrogen-bond acceptors (Lipinski definition) is 4. The zero-order valence-electron chi connectivity index (χ0n) is 8.22. The van der Waals surface area contributed by atoms with Gasteiger partial charge in [-0.1, -0.05) is 6.42 Å². The molecule has 1 N–H and O–H groups in total. The van der Waals surface area contributed by atoms with Crippen LogP contribution in [0.5, 0.6) is 0 Å². The summed E-state index contributed by atoms with van der Waals surface area (Å²) >= 11 is 1.29. The summed E-state index contributed by atoms with van der Waals surface area (Å²) in [5, 5.41) is 2.18. The van der Waals surface area contributed by atoms with E-state index in [0.29, 0.717) is 18.2 Å². The number of piperidine rings is 1. The quantitative estimate of drug-likeness (QED) is 0.875. The van der Waals surface area contributed by atoms with Crippen LogP contribution in [0.15, 0.2) is 11.6 Å². The third kappa shape index (κ3) is 2.67. The number of nitrogens with zero attached hydrogens (tertiary/aromatic N) is 2. The van der Waals surface area contributed by atoms with Crippen LogP contribution in [-0.2, 0) is 10.2 Å². The fourth-order valence-electron chi connectivity index (χ4n) is 1.55. The summed E-state index contributed by atoms with van der Waals surface area (Å²) in [5.41, 5.74) is 0. The fourth-order valence-corrected chi connectivity index (χ4v) is 3.58. The molecule has 7 heteroatoms. The Hall–Kier alpha value is -0.660. The molecule has 0 atom stereocenters. The minimum atomic E-state index is -3.38. The van der Waals surface area contributed by atoms with Gasteiger partial charge in [0.25, 0.3) is 0 Å². The molecule has 84 valence electrons. The average Bonchev–Trinajstić information content (AvgIpc) is 2.71. The van der Waals surface area contributed by atoms with Crippen molar-refractivity contribution >= 4 is 26.7 Å². The predicted molar refractivity (Wildman–Crippen MR) is 60.1 cm³/mol. The van der Waals surface area contributed by atoms with Crippen LogP contribution < -0.4 is 4.72 Å². The van der Waals surface area contributed by atoms with Crippen LogP contribution in [0.4, 0.5) is 5.13 Å². The fraction of sp³-hybridized carbons (Fsp3) is 0.625. The van der Waals surface area contributed by atoms with Gasteiger partial charge in [0.1, 0.15) is 0 Å². The first-order valence-corrected chi connectivity index (χ1v) is 7.18. The van der Waals surface area contributed by atoms with Crippen LogP contribution in [0.3, 0.4) is 0 Å². The highest BCUT2D eigenvalue weighted by Gasteiger charge is 2.24. The van der Waals surface area contributed by atoms with Gasteiger partial charge in [0.05, 0.1) is 0 Å². The first-order valence-electron chi connectivity index (χ1n) is 4.86. The minimum absolute atomic E-state index is 0.431. The van der Waals surface area contributed by atoms with Gasteiger partial charge in [-0.15, -0.1) is 11.3 Å². The third-order valence-electron chi connectivity index (χ3n) is 2.30. The molecule has 1 aliphatic heterocycles. The van der Waals surface area contributed by atoms with Gasteiger partial charge >= 0.3 is 10.2 Å². The number of aromatic nitrogens is 1. The normalized spacial score (nSPS) is 18.9. The molecule has 0 saturated carbocycles. The smallest absolute Gasteiger partial charge is 0.246 e. The molecule has 0 aliphatic carbocycles. The maximum atomic E-state index is 11.8. The molecule has 1 saturated heterocycles. The number of anilines is 1. The van der Waals surface area contributed by atoms with Crippen molar-refractivity contribution in [1.29, 1.82) is 0 Å². The van der Waals surface area contributed by atoms with Gasteiger partial charge in [-0.2, -0.15) is 12.7 Å². The van der Waals surface area contributed by atoms with E-state index in [4.69, 9.17) is 0 Å². The van der Waals surface area contributed by atoms with Gasteiger partial charge in [-0.25, -0.2) is 9.71 Å². The molecule has 0 spiro atoms. The lowest BCUT2D eigenvalue weighted by molar-refractivity contribution is 0.349. The predicted octanol–water partition coefficient (Wildman–Crippen LogP) is 1.29. The molecule has 1 aromatic heterocycles. The first kappa shape index (κ1) is 10.8. The molecule has 0 radical (unpaired) electrons. The highest BCUT2D eigenvalue weighted by atomic mass is 32.2. The van der Waals surface area contributed by atoms with E-state index >= 15 is 0 Å². The van der Waals surface area contributed by atoms with E-state index in [1.54, 1.807) is 11.6 Å². The van der Waals surface area contributed by atoms with E-state index in [-0.39, 0.29) is 0 Å². The number of rotatable bonds is 3. The second kappa shape index (κ2) is 4.46. The van der Waals surface area contributed by atoms with Crippen molar-refractivity contribution in [1.82, 2.24) is 9.29 Å². The molecule has 2 heterocycles. The lowest BCUT2D eigenvalue weighted by atomic mass is 10.2. The lowest BCUT2D eigenvalue weighted by Gasteiger charge is -2.25. The van der Waals surface area contributed by atoms with E-state index in [0.717, 1.165) is 19.3 Å². The largest absolute Gasteiger partial charge is 0.303 e. The second-order valence-electron chi connectivity index (χ2n) is 3.40. The van der Waals surface area contributed by atoms with E-state index in [1.807, 2.05) is 0 Å². The van der Waals surface area contributed by atoms with Crippen LogP contribution in [0, 0.1) is 0 Å². The summed E-state index contributed by atoms with van der Waals surface area (Å²) in [6, 6.07) is 0. The Morgan fingerprint density at radius 2 is 2.07 bits per heavy atom. The highest BCUT2D eigenvalue weighted by Crippen LogP contribution is 2.17. The molecule has 1 aromatic rings. The van der Waals surface area contributed by atoms with E-state index in [9.17, 15) is 8.42 Å². The van der Waals surface area contributed by atoms with Gasteiger partial charge in [-0.05, 0) is 12.8 Å². The Kier molecular flexibility index (Phi) is 3.22. The van der Waals surface area contributed by atoms with Crippen molar-refractivity contribution in [2.24, 2.45) is 0 Å². The van der Waals surface area contributed by atoms with Gasteiger partial charge in [0, 0.05) is 24.7 Å². The Balaban J connectivity index is 2.05. The highest BCUT2D eigenvalue weighted by molar-refractivity contribution is 7.90. The van der Waals surface area contributed by atoms with E-state index in [2.05, 4.69) is 9.71 Å². The van der Waals surface area contributed by atoms with Crippen molar-refractivity contribution < 1.29 is 8.42 Å². The van der Waals surface area contributed by atoms with Crippen molar-refractivity contribution in [3.05, 3.63) is 11.6 Å². The zero-order valence-corrected chi connectivity index (χ0v) is 9.85. The van der Waals surface area contributed by atoms with Crippen LogP contribution in [-0.4, -0.2) is 30.8 Å². The molecule has 2 rings (SSSR count). The summed E-state index contributed by atoms with van der Waals surface area (Å²) < 4.78 is 27.6. The Labute approximate surface area is 93.3 Å². The molecule has 1 aliphatic rings. The molecule has 0 aromatic carbocycles. The zero-order chi connectivity index (χ0) is 10.7. The van der Waals surface area contributed by atoms with E-state index < -0.39 is 10.2 Å².